The molecule has 1 fully saturated rings. The maximum atomic E-state index is 13.0. The molecule has 0 aliphatic heterocycles. The summed E-state index contributed by atoms with van der Waals surface area (Å²) in [6.45, 7) is 0. The summed E-state index contributed by atoms with van der Waals surface area (Å²) in [6.07, 6.45) is 0.132. The zero-order chi connectivity index (χ0) is 12.6. The average Bonchev–Trinajstić information content (AvgIpc) is 2.61. The summed E-state index contributed by atoms with van der Waals surface area (Å²) in [5, 5.41) is 16.1. The molecule has 0 unspecified atom stereocenters. The Bertz CT molecular complexity index is 435. The molecule has 1 aromatic rings. The fraction of sp³-hybridized carbons (Fsp3) is 0.700. The van der Waals surface area contributed by atoms with Crippen molar-refractivity contribution in [3.05, 3.63) is 11.4 Å². The standard InChI is InChI=1S/C10H13F2N3O2/c1-15-8(7(9(16)17)13-14-15)6-2-4-10(11,12)5-3-6/h6H,2-5H2,1H3,(H,16,17). The number of aromatic nitrogens is 3. The number of alkyl halides is 2. The minimum absolute atomic E-state index is 0.122. The van der Waals surface area contributed by atoms with E-state index in [-0.39, 0.29) is 37.3 Å². The van der Waals surface area contributed by atoms with Crippen molar-refractivity contribution >= 4 is 5.97 Å². The van der Waals surface area contributed by atoms with Gasteiger partial charge in [0.25, 0.3) is 0 Å². The third-order valence-electron chi connectivity index (χ3n) is 3.18. The second-order valence-electron chi connectivity index (χ2n) is 4.38. The summed E-state index contributed by atoms with van der Waals surface area (Å²) < 4.78 is 27.4. The Balaban J connectivity index is 2.24. The first-order valence-corrected chi connectivity index (χ1v) is 5.41. The van der Waals surface area contributed by atoms with E-state index >= 15 is 0 Å². The molecule has 0 radical (unpaired) electrons. The maximum Gasteiger partial charge on any atom is 0.358 e. The third-order valence-corrected chi connectivity index (χ3v) is 3.18. The second kappa shape index (κ2) is 4.05. The molecule has 1 aliphatic carbocycles. The van der Waals surface area contributed by atoms with Crippen LogP contribution in [0.3, 0.4) is 0 Å². The highest BCUT2D eigenvalue weighted by atomic mass is 19.3. The molecule has 94 valence electrons. The monoisotopic (exact) mass is 245 g/mol. The summed E-state index contributed by atoms with van der Waals surface area (Å²) in [6, 6.07) is 0. The van der Waals surface area contributed by atoms with Crippen LogP contribution in [0, 0.1) is 0 Å². The Hall–Kier alpha value is -1.53. The third kappa shape index (κ3) is 2.27. The molecule has 0 amide bonds. The van der Waals surface area contributed by atoms with E-state index in [1.165, 1.54) is 4.68 Å². The second-order valence-corrected chi connectivity index (χ2v) is 4.38. The van der Waals surface area contributed by atoms with E-state index in [2.05, 4.69) is 10.3 Å². The van der Waals surface area contributed by atoms with Crippen molar-refractivity contribution in [2.45, 2.75) is 37.5 Å². The van der Waals surface area contributed by atoms with E-state index in [1.54, 1.807) is 7.05 Å². The van der Waals surface area contributed by atoms with Crippen LogP contribution in [0.15, 0.2) is 0 Å². The maximum absolute atomic E-state index is 13.0. The van der Waals surface area contributed by atoms with Gasteiger partial charge in [0.2, 0.25) is 5.92 Å². The van der Waals surface area contributed by atoms with Crippen LogP contribution < -0.4 is 0 Å². The van der Waals surface area contributed by atoms with Gasteiger partial charge in [-0.25, -0.2) is 13.6 Å². The number of carboxylic acids is 1. The number of nitrogens with zero attached hydrogens (tertiary/aromatic N) is 3. The molecular weight excluding hydrogens is 232 g/mol. The molecular formula is C10H13F2N3O2. The van der Waals surface area contributed by atoms with Crippen molar-refractivity contribution < 1.29 is 18.7 Å². The lowest BCUT2D eigenvalue weighted by atomic mass is 9.84. The summed E-state index contributed by atoms with van der Waals surface area (Å²) in [5.41, 5.74) is 0.329. The van der Waals surface area contributed by atoms with E-state index in [0.29, 0.717) is 5.69 Å². The van der Waals surface area contributed by atoms with E-state index in [9.17, 15) is 13.6 Å². The van der Waals surface area contributed by atoms with Crippen LogP contribution in [-0.2, 0) is 7.05 Å². The van der Waals surface area contributed by atoms with Gasteiger partial charge in [-0.2, -0.15) is 0 Å². The molecule has 5 nitrogen and oxygen atoms in total. The first-order chi connectivity index (χ1) is 7.91. The lowest BCUT2D eigenvalue weighted by molar-refractivity contribution is -0.0387. The van der Waals surface area contributed by atoms with Gasteiger partial charge in [0.05, 0.1) is 5.69 Å². The largest absolute Gasteiger partial charge is 0.476 e. The van der Waals surface area contributed by atoms with E-state index in [1.807, 2.05) is 0 Å². The molecule has 0 bridgehead atoms. The first-order valence-electron chi connectivity index (χ1n) is 5.41. The highest BCUT2D eigenvalue weighted by molar-refractivity contribution is 5.86. The number of carbonyl (C=O) groups is 1. The van der Waals surface area contributed by atoms with Crippen LogP contribution in [0.1, 0.15) is 47.8 Å². The molecule has 1 aromatic heterocycles. The van der Waals surface area contributed by atoms with Crippen molar-refractivity contribution in [2.24, 2.45) is 7.05 Å². The predicted octanol–water partition coefficient (Wildman–Crippen LogP) is 1.81. The van der Waals surface area contributed by atoms with Gasteiger partial charge in [-0.3, -0.25) is 4.68 Å². The number of carboxylic acid groups (broad SMARTS) is 1. The van der Waals surface area contributed by atoms with Crippen molar-refractivity contribution in [1.29, 1.82) is 0 Å². The Morgan fingerprint density at radius 2 is 2.06 bits per heavy atom. The summed E-state index contributed by atoms with van der Waals surface area (Å²) in [4.78, 5) is 10.9. The number of rotatable bonds is 2. The van der Waals surface area contributed by atoms with Crippen LogP contribution in [0.2, 0.25) is 0 Å². The minimum atomic E-state index is -2.62. The van der Waals surface area contributed by atoms with Gasteiger partial charge < -0.3 is 5.11 Å². The molecule has 17 heavy (non-hydrogen) atoms. The van der Waals surface area contributed by atoms with Crippen LogP contribution in [0.4, 0.5) is 8.78 Å². The van der Waals surface area contributed by atoms with Crippen molar-refractivity contribution in [3.8, 4) is 0 Å². The minimum Gasteiger partial charge on any atom is -0.476 e. The predicted molar refractivity (Wildman–Crippen MR) is 54.1 cm³/mol. The number of aryl methyl sites for hydroxylation is 1. The first kappa shape index (κ1) is 11.9. The molecule has 1 heterocycles. The van der Waals surface area contributed by atoms with Crippen molar-refractivity contribution in [2.75, 3.05) is 0 Å². The summed E-state index contributed by atoms with van der Waals surface area (Å²) in [7, 11) is 1.58. The zero-order valence-corrected chi connectivity index (χ0v) is 9.36. The van der Waals surface area contributed by atoms with Gasteiger partial charge in [-0.05, 0) is 12.8 Å². The molecule has 1 aliphatic rings. The lowest BCUT2D eigenvalue weighted by Crippen LogP contribution is -2.25. The zero-order valence-electron chi connectivity index (χ0n) is 9.36. The van der Waals surface area contributed by atoms with E-state index in [4.69, 9.17) is 5.11 Å². The molecule has 7 heteroatoms. The van der Waals surface area contributed by atoms with Crippen LogP contribution >= 0.6 is 0 Å². The fourth-order valence-corrected chi connectivity index (χ4v) is 2.29. The van der Waals surface area contributed by atoms with Crippen LogP contribution in [0.5, 0.6) is 0 Å². The van der Waals surface area contributed by atoms with Crippen LogP contribution in [0.25, 0.3) is 0 Å². The highest BCUT2D eigenvalue weighted by Crippen LogP contribution is 2.41. The molecule has 1 saturated carbocycles. The number of aromatic carboxylic acids is 1. The van der Waals surface area contributed by atoms with E-state index < -0.39 is 11.9 Å². The number of hydrogen-bond donors (Lipinski definition) is 1. The molecule has 0 spiro atoms. The van der Waals surface area contributed by atoms with Gasteiger partial charge in [-0.1, -0.05) is 5.21 Å². The smallest absolute Gasteiger partial charge is 0.358 e. The normalized spacial score (nSPS) is 20.4. The lowest BCUT2D eigenvalue weighted by Gasteiger charge is -2.28. The SMILES string of the molecule is Cn1nnc(C(=O)O)c1C1CCC(F)(F)CC1. The average molecular weight is 245 g/mol. The Morgan fingerprint density at radius 3 is 2.59 bits per heavy atom. The Morgan fingerprint density at radius 1 is 1.47 bits per heavy atom. The number of hydrogen-bond acceptors (Lipinski definition) is 3. The molecule has 2 rings (SSSR count). The summed E-state index contributed by atoms with van der Waals surface area (Å²) >= 11 is 0. The van der Waals surface area contributed by atoms with Gasteiger partial charge >= 0.3 is 5.97 Å². The van der Waals surface area contributed by atoms with Gasteiger partial charge in [0.15, 0.2) is 5.69 Å². The molecule has 1 N–H and O–H groups in total. The highest BCUT2D eigenvalue weighted by Gasteiger charge is 2.38. The molecule has 0 aromatic carbocycles. The molecule has 0 atom stereocenters. The Labute approximate surface area is 96.4 Å². The number of halogens is 2. The van der Waals surface area contributed by atoms with E-state index in [0.717, 1.165) is 0 Å². The Kier molecular flexibility index (Phi) is 2.84. The van der Waals surface area contributed by atoms with Gasteiger partial charge in [0.1, 0.15) is 0 Å². The van der Waals surface area contributed by atoms with Crippen LogP contribution in [-0.4, -0.2) is 32.0 Å². The van der Waals surface area contributed by atoms with Gasteiger partial charge in [-0.15, -0.1) is 5.10 Å². The van der Waals surface area contributed by atoms with Gasteiger partial charge in [0, 0.05) is 25.8 Å². The topological polar surface area (TPSA) is 68.0 Å². The fourth-order valence-electron chi connectivity index (χ4n) is 2.29. The molecule has 0 saturated heterocycles. The van der Waals surface area contributed by atoms with Crippen molar-refractivity contribution in [3.63, 3.8) is 0 Å². The summed E-state index contributed by atoms with van der Waals surface area (Å²) in [5.74, 6) is -3.97. The van der Waals surface area contributed by atoms with Crippen molar-refractivity contribution in [1.82, 2.24) is 15.0 Å². The quantitative estimate of drug-likeness (QED) is 0.862.